The molecule has 112 valence electrons. The molecule has 0 spiro atoms. The Morgan fingerprint density at radius 2 is 2.24 bits per heavy atom. The highest BCUT2D eigenvalue weighted by atomic mass is 16.8. The number of para-hydroxylation sites is 1. The minimum Gasteiger partial charge on any atom is -0.350 e. The number of carbonyl (C=O) groups is 1. The van der Waals surface area contributed by atoms with E-state index in [9.17, 15) is 4.79 Å². The third-order valence-electron chi connectivity index (χ3n) is 3.70. The number of hydrogen-bond donors (Lipinski definition) is 1. The van der Waals surface area contributed by atoms with Crippen LogP contribution in [0.1, 0.15) is 25.7 Å². The average Bonchev–Trinajstić information content (AvgIpc) is 2.95. The van der Waals surface area contributed by atoms with Crippen LogP contribution in [-0.4, -0.2) is 23.4 Å². The Hall–Kier alpha value is -1.85. The molecular formula is C16H20N2O3. The van der Waals surface area contributed by atoms with E-state index >= 15 is 0 Å². The molecular weight excluding hydrogens is 268 g/mol. The van der Waals surface area contributed by atoms with E-state index in [2.05, 4.69) is 28.2 Å². The van der Waals surface area contributed by atoms with Gasteiger partial charge in [-0.05, 0) is 30.4 Å². The van der Waals surface area contributed by atoms with Gasteiger partial charge in [0.05, 0.1) is 0 Å². The van der Waals surface area contributed by atoms with Crippen molar-refractivity contribution in [3.63, 3.8) is 0 Å². The van der Waals surface area contributed by atoms with Crippen LogP contribution in [0.2, 0.25) is 0 Å². The maximum absolute atomic E-state index is 11.8. The van der Waals surface area contributed by atoms with Gasteiger partial charge in [-0.2, -0.15) is 0 Å². The molecule has 1 unspecified atom stereocenters. The molecule has 0 aliphatic carbocycles. The van der Waals surface area contributed by atoms with E-state index < -0.39 is 0 Å². The van der Waals surface area contributed by atoms with Gasteiger partial charge in [0, 0.05) is 37.7 Å². The molecule has 5 heteroatoms. The molecule has 1 aromatic carbocycles. The van der Waals surface area contributed by atoms with Crippen molar-refractivity contribution in [2.45, 2.75) is 38.5 Å². The molecule has 21 heavy (non-hydrogen) atoms. The average molecular weight is 288 g/mol. The van der Waals surface area contributed by atoms with Crippen molar-refractivity contribution in [2.24, 2.45) is 0 Å². The number of aryl methyl sites for hydroxylation is 1. The van der Waals surface area contributed by atoms with Crippen LogP contribution in [0.25, 0.3) is 10.9 Å². The van der Waals surface area contributed by atoms with E-state index in [4.69, 9.17) is 9.57 Å². The Morgan fingerprint density at radius 1 is 1.33 bits per heavy atom. The summed E-state index contributed by atoms with van der Waals surface area (Å²) in [7, 11) is 0. The number of hydrogen-bond acceptors (Lipinski definition) is 3. The summed E-state index contributed by atoms with van der Waals surface area (Å²) in [6, 6.07) is 10.2. The highest BCUT2D eigenvalue weighted by Crippen LogP contribution is 2.15. The number of ether oxygens (including phenoxy) is 1. The van der Waals surface area contributed by atoms with Crippen LogP contribution in [-0.2, 0) is 20.9 Å². The van der Waals surface area contributed by atoms with Gasteiger partial charge >= 0.3 is 0 Å². The molecule has 1 saturated heterocycles. The Balaban J connectivity index is 1.47. The number of rotatable bonds is 5. The number of hydroxylamine groups is 1. The second-order valence-corrected chi connectivity index (χ2v) is 5.26. The standard InChI is InChI=1S/C16H20N2O3/c19-15(17-21-16-7-3-4-12-20-16)9-11-18-10-8-13-5-1-2-6-14(13)18/h1-2,5-6,8,10,16H,3-4,7,9,11-12H2,(H,17,19). The lowest BCUT2D eigenvalue weighted by Crippen LogP contribution is -2.33. The molecule has 1 aliphatic heterocycles. The van der Waals surface area contributed by atoms with Crippen molar-refractivity contribution in [1.29, 1.82) is 0 Å². The molecule has 0 saturated carbocycles. The second kappa shape index (κ2) is 6.74. The number of carbonyl (C=O) groups excluding carboxylic acids is 1. The SMILES string of the molecule is O=C(CCn1ccc2ccccc21)NOC1CCCCO1. The minimum absolute atomic E-state index is 0.123. The van der Waals surface area contributed by atoms with Gasteiger partial charge in [0.15, 0.2) is 6.29 Å². The number of fused-ring (bicyclic) bond motifs is 1. The van der Waals surface area contributed by atoms with Crippen molar-refractivity contribution in [1.82, 2.24) is 10.0 Å². The van der Waals surface area contributed by atoms with E-state index in [0.717, 1.165) is 24.8 Å². The van der Waals surface area contributed by atoms with Gasteiger partial charge in [0.2, 0.25) is 5.91 Å². The Bertz CT molecular complexity index is 602. The van der Waals surface area contributed by atoms with Gasteiger partial charge in [-0.25, -0.2) is 10.3 Å². The summed E-state index contributed by atoms with van der Waals surface area (Å²) in [6.07, 6.45) is 5.07. The number of nitrogens with zero attached hydrogens (tertiary/aromatic N) is 1. The molecule has 1 N–H and O–H groups in total. The topological polar surface area (TPSA) is 52.5 Å². The fourth-order valence-corrected chi connectivity index (χ4v) is 2.54. The largest absolute Gasteiger partial charge is 0.350 e. The van der Waals surface area contributed by atoms with Gasteiger partial charge in [-0.1, -0.05) is 18.2 Å². The van der Waals surface area contributed by atoms with Crippen molar-refractivity contribution in [2.75, 3.05) is 6.61 Å². The highest BCUT2D eigenvalue weighted by Gasteiger charge is 2.15. The first-order valence-corrected chi connectivity index (χ1v) is 7.43. The van der Waals surface area contributed by atoms with Crippen molar-refractivity contribution in [3.05, 3.63) is 36.5 Å². The van der Waals surface area contributed by atoms with Crippen LogP contribution in [0.4, 0.5) is 0 Å². The summed E-state index contributed by atoms with van der Waals surface area (Å²) in [5.41, 5.74) is 3.63. The normalized spacial score (nSPS) is 18.8. The monoisotopic (exact) mass is 288 g/mol. The predicted molar refractivity (Wildman–Crippen MR) is 79.4 cm³/mol. The molecule has 3 rings (SSSR count). The zero-order valence-electron chi connectivity index (χ0n) is 12.0. The van der Waals surface area contributed by atoms with E-state index in [1.54, 1.807) is 0 Å². The quantitative estimate of drug-likeness (QED) is 0.860. The number of amides is 1. The van der Waals surface area contributed by atoms with E-state index in [0.29, 0.717) is 19.6 Å². The summed E-state index contributed by atoms with van der Waals surface area (Å²) in [5.74, 6) is -0.123. The molecule has 1 aliphatic rings. The second-order valence-electron chi connectivity index (χ2n) is 5.26. The van der Waals surface area contributed by atoms with Crippen LogP contribution in [0.3, 0.4) is 0 Å². The van der Waals surface area contributed by atoms with Gasteiger partial charge in [0.1, 0.15) is 0 Å². The van der Waals surface area contributed by atoms with Gasteiger partial charge in [0.25, 0.3) is 0 Å². The zero-order valence-corrected chi connectivity index (χ0v) is 12.0. The maximum Gasteiger partial charge on any atom is 0.245 e. The van der Waals surface area contributed by atoms with Crippen LogP contribution < -0.4 is 5.48 Å². The lowest BCUT2D eigenvalue weighted by atomic mass is 10.2. The van der Waals surface area contributed by atoms with E-state index in [1.807, 2.05) is 18.3 Å². The molecule has 0 bridgehead atoms. The number of benzene rings is 1. The van der Waals surface area contributed by atoms with Crippen molar-refractivity contribution < 1.29 is 14.4 Å². The molecule has 2 aromatic rings. The molecule has 1 atom stereocenters. The maximum atomic E-state index is 11.8. The summed E-state index contributed by atoms with van der Waals surface area (Å²) >= 11 is 0. The fraction of sp³-hybridized carbons (Fsp3) is 0.438. The van der Waals surface area contributed by atoms with Crippen LogP contribution >= 0.6 is 0 Å². The summed E-state index contributed by atoms with van der Waals surface area (Å²) < 4.78 is 7.47. The smallest absolute Gasteiger partial charge is 0.245 e. The first-order chi connectivity index (χ1) is 10.3. The number of nitrogens with one attached hydrogen (secondary N) is 1. The van der Waals surface area contributed by atoms with Gasteiger partial charge < -0.3 is 9.30 Å². The van der Waals surface area contributed by atoms with Gasteiger partial charge in [-0.15, -0.1) is 0 Å². The third kappa shape index (κ3) is 3.62. The van der Waals surface area contributed by atoms with Crippen molar-refractivity contribution >= 4 is 16.8 Å². The molecule has 1 fully saturated rings. The summed E-state index contributed by atoms with van der Waals surface area (Å²) in [4.78, 5) is 17.1. The first kappa shape index (κ1) is 14.1. The van der Waals surface area contributed by atoms with Crippen LogP contribution in [0, 0.1) is 0 Å². The first-order valence-electron chi connectivity index (χ1n) is 7.43. The lowest BCUT2D eigenvalue weighted by Gasteiger charge is -2.22. The van der Waals surface area contributed by atoms with Gasteiger partial charge in [-0.3, -0.25) is 4.79 Å². The molecule has 5 nitrogen and oxygen atoms in total. The fourth-order valence-electron chi connectivity index (χ4n) is 2.54. The summed E-state index contributed by atoms with van der Waals surface area (Å²) in [6.45, 7) is 1.34. The Kier molecular flexibility index (Phi) is 4.52. The number of aromatic nitrogens is 1. The predicted octanol–water partition coefficient (Wildman–Crippen LogP) is 2.61. The van der Waals surface area contributed by atoms with Crippen LogP contribution in [0.15, 0.2) is 36.5 Å². The van der Waals surface area contributed by atoms with E-state index in [1.165, 1.54) is 5.39 Å². The zero-order chi connectivity index (χ0) is 14.5. The third-order valence-corrected chi connectivity index (χ3v) is 3.70. The van der Waals surface area contributed by atoms with Crippen LogP contribution in [0.5, 0.6) is 0 Å². The summed E-state index contributed by atoms with van der Waals surface area (Å²) in [5, 5.41) is 1.18. The Labute approximate surface area is 123 Å². The molecule has 2 heterocycles. The molecule has 1 amide bonds. The highest BCUT2D eigenvalue weighted by molar-refractivity contribution is 5.80. The minimum atomic E-state index is -0.296. The molecule has 1 aromatic heterocycles. The lowest BCUT2D eigenvalue weighted by molar-refractivity contribution is -0.200. The van der Waals surface area contributed by atoms with Crippen molar-refractivity contribution in [3.8, 4) is 0 Å². The molecule has 0 radical (unpaired) electrons. The van der Waals surface area contributed by atoms with E-state index in [-0.39, 0.29) is 12.2 Å². The Morgan fingerprint density at radius 3 is 3.10 bits per heavy atom.